The lowest BCUT2D eigenvalue weighted by atomic mass is 9.89. The third-order valence-corrected chi connectivity index (χ3v) is 4.65. The van der Waals surface area contributed by atoms with Crippen molar-refractivity contribution >= 4 is 11.3 Å². The fraction of sp³-hybridized carbons (Fsp3) is 0.562. The number of nitrogens with one attached hydrogen (secondary N) is 1. The maximum Gasteiger partial charge on any atom is 0.131 e. The molecule has 1 N–H and O–H groups in total. The van der Waals surface area contributed by atoms with Crippen molar-refractivity contribution in [2.24, 2.45) is 12.5 Å². The quantitative estimate of drug-likeness (QED) is 0.814. The maximum absolute atomic E-state index is 5.21. The van der Waals surface area contributed by atoms with Crippen molar-refractivity contribution in [2.45, 2.75) is 26.3 Å². The van der Waals surface area contributed by atoms with Crippen molar-refractivity contribution in [3.8, 4) is 0 Å². The van der Waals surface area contributed by atoms with Crippen LogP contribution in [0.25, 0.3) is 0 Å². The maximum atomic E-state index is 5.21. The second-order valence-electron chi connectivity index (χ2n) is 6.13. The zero-order valence-electron chi connectivity index (χ0n) is 13.3. The summed E-state index contributed by atoms with van der Waals surface area (Å²) in [5.41, 5.74) is 0.191. The molecule has 4 nitrogen and oxygen atoms in total. The first-order valence-corrected chi connectivity index (χ1v) is 8.14. The molecular weight excluding hydrogens is 282 g/mol. The number of hydrogen-bond acceptors (Lipinski definition) is 4. The second-order valence-corrected chi connectivity index (χ2v) is 7.11. The molecule has 0 aliphatic rings. The summed E-state index contributed by atoms with van der Waals surface area (Å²) in [7, 11) is 3.80. The number of aromatic nitrogens is 2. The molecule has 0 spiro atoms. The van der Waals surface area contributed by atoms with E-state index in [0.29, 0.717) is 0 Å². The number of aryl methyl sites for hydroxylation is 1. The Morgan fingerprint density at radius 1 is 1.48 bits per heavy atom. The van der Waals surface area contributed by atoms with Crippen LogP contribution in [-0.4, -0.2) is 29.8 Å². The van der Waals surface area contributed by atoms with Crippen LogP contribution >= 0.6 is 11.3 Å². The van der Waals surface area contributed by atoms with Gasteiger partial charge in [0.05, 0.1) is 0 Å². The van der Waals surface area contributed by atoms with Gasteiger partial charge in [0.1, 0.15) is 11.9 Å². The lowest BCUT2D eigenvalue weighted by Gasteiger charge is -2.28. The van der Waals surface area contributed by atoms with Gasteiger partial charge >= 0.3 is 0 Å². The third kappa shape index (κ3) is 4.40. The van der Waals surface area contributed by atoms with Crippen molar-refractivity contribution in [1.29, 1.82) is 0 Å². The van der Waals surface area contributed by atoms with Gasteiger partial charge in [0.15, 0.2) is 0 Å². The van der Waals surface area contributed by atoms with Crippen LogP contribution in [0, 0.1) is 5.41 Å². The largest absolute Gasteiger partial charge is 0.385 e. The van der Waals surface area contributed by atoms with Crippen molar-refractivity contribution in [1.82, 2.24) is 14.9 Å². The third-order valence-electron chi connectivity index (χ3n) is 3.71. The summed E-state index contributed by atoms with van der Waals surface area (Å²) < 4.78 is 7.29. The van der Waals surface area contributed by atoms with Crippen LogP contribution < -0.4 is 5.32 Å². The second kappa shape index (κ2) is 7.20. The van der Waals surface area contributed by atoms with Crippen molar-refractivity contribution in [3.63, 3.8) is 0 Å². The number of hydrogen-bond donors (Lipinski definition) is 1. The van der Waals surface area contributed by atoms with E-state index in [1.165, 1.54) is 4.88 Å². The van der Waals surface area contributed by atoms with Crippen LogP contribution in [0.5, 0.6) is 0 Å². The molecule has 0 aliphatic carbocycles. The summed E-state index contributed by atoms with van der Waals surface area (Å²) >= 11 is 1.77. The lowest BCUT2D eigenvalue weighted by Crippen LogP contribution is -2.34. The van der Waals surface area contributed by atoms with E-state index in [2.05, 4.69) is 46.2 Å². The van der Waals surface area contributed by atoms with Gasteiger partial charge in [0, 0.05) is 44.6 Å². The van der Waals surface area contributed by atoms with Crippen molar-refractivity contribution in [3.05, 3.63) is 40.6 Å². The molecule has 0 bridgehead atoms. The normalized spacial score (nSPS) is 13.5. The zero-order valence-corrected chi connectivity index (χ0v) is 14.1. The first kappa shape index (κ1) is 16.2. The highest BCUT2D eigenvalue weighted by molar-refractivity contribution is 7.10. The minimum Gasteiger partial charge on any atom is -0.385 e. The predicted octanol–water partition coefficient (Wildman–Crippen LogP) is 3.22. The Labute approximate surface area is 131 Å². The molecule has 0 saturated carbocycles. The summed E-state index contributed by atoms with van der Waals surface area (Å²) in [6.07, 6.45) is 4.88. The molecule has 0 radical (unpaired) electrons. The van der Waals surface area contributed by atoms with Crippen LogP contribution in [0.2, 0.25) is 0 Å². The Morgan fingerprint density at radius 3 is 2.86 bits per heavy atom. The number of thiophene rings is 1. The summed E-state index contributed by atoms with van der Waals surface area (Å²) in [6.45, 7) is 6.25. The fourth-order valence-corrected chi connectivity index (χ4v) is 3.07. The van der Waals surface area contributed by atoms with E-state index in [0.717, 1.165) is 25.4 Å². The van der Waals surface area contributed by atoms with Gasteiger partial charge in [-0.2, -0.15) is 0 Å². The number of methoxy groups -OCH3 is 1. The monoisotopic (exact) mass is 307 g/mol. The molecule has 116 valence electrons. The fourth-order valence-electron chi connectivity index (χ4n) is 2.28. The molecule has 2 aromatic rings. The van der Waals surface area contributed by atoms with Gasteiger partial charge in [0.2, 0.25) is 0 Å². The van der Waals surface area contributed by atoms with Gasteiger partial charge in [-0.15, -0.1) is 11.3 Å². The molecule has 2 rings (SSSR count). The van der Waals surface area contributed by atoms with E-state index in [1.54, 1.807) is 18.4 Å². The van der Waals surface area contributed by atoms with Crippen molar-refractivity contribution in [2.75, 3.05) is 20.3 Å². The van der Waals surface area contributed by atoms with Crippen LogP contribution in [-0.2, 0) is 11.8 Å². The molecule has 0 fully saturated rings. The first-order chi connectivity index (χ1) is 10.0. The molecule has 0 amide bonds. The molecule has 0 aliphatic heterocycles. The average Bonchev–Trinajstić information content (AvgIpc) is 3.10. The topological polar surface area (TPSA) is 39.1 Å². The minimum atomic E-state index is 0.145. The summed E-state index contributed by atoms with van der Waals surface area (Å²) in [5, 5.41) is 5.80. The number of nitrogens with zero attached hydrogens (tertiary/aromatic N) is 2. The minimum absolute atomic E-state index is 0.145. The Bertz CT molecular complexity index is 533. The van der Waals surface area contributed by atoms with Crippen LogP contribution in [0.1, 0.15) is 37.0 Å². The van der Waals surface area contributed by atoms with E-state index < -0.39 is 0 Å². The Morgan fingerprint density at radius 2 is 2.29 bits per heavy atom. The lowest BCUT2D eigenvalue weighted by molar-refractivity contribution is 0.149. The molecule has 0 aromatic carbocycles. The van der Waals surface area contributed by atoms with E-state index in [9.17, 15) is 0 Å². The SMILES string of the molecule is COCCC(C)(C)CNC(c1cccs1)c1nccn1C. The van der Waals surface area contributed by atoms with Crippen LogP contribution in [0.3, 0.4) is 0 Å². The van der Waals surface area contributed by atoms with E-state index >= 15 is 0 Å². The highest BCUT2D eigenvalue weighted by Crippen LogP contribution is 2.27. The van der Waals surface area contributed by atoms with Gasteiger partial charge in [-0.25, -0.2) is 4.98 Å². The standard InChI is InChI=1S/C16H25N3OS/c1-16(2,7-10-20-4)12-18-14(13-6-5-11-21-13)15-17-8-9-19(15)3/h5-6,8-9,11,14,18H,7,10,12H2,1-4H3. The molecule has 0 saturated heterocycles. The smallest absolute Gasteiger partial charge is 0.131 e. The summed E-state index contributed by atoms with van der Waals surface area (Å²) in [6, 6.07) is 4.40. The Balaban J connectivity index is 2.09. The number of imidazole rings is 1. The van der Waals surface area contributed by atoms with Crippen LogP contribution in [0.4, 0.5) is 0 Å². The van der Waals surface area contributed by atoms with Crippen LogP contribution in [0.15, 0.2) is 29.9 Å². The van der Waals surface area contributed by atoms with Gasteiger partial charge < -0.3 is 14.6 Å². The Hall–Kier alpha value is -1.17. The van der Waals surface area contributed by atoms with Crippen molar-refractivity contribution < 1.29 is 4.74 Å². The predicted molar refractivity (Wildman–Crippen MR) is 87.6 cm³/mol. The zero-order chi connectivity index (χ0) is 15.3. The van der Waals surface area contributed by atoms with E-state index in [4.69, 9.17) is 4.74 Å². The van der Waals surface area contributed by atoms with E-state index in [1.807, 2.05) is 19.4 Å². The summed E-state index contributed by atoms with van der Waals surface area (Å²) in [4.78, 5) is 5.82. The molecule has 2 heterocycles. The molecule has 1 atom stereocenters. The summed E-state index contributed by atoms with van der Waals surface area (Å²) in [5.74, 6) is 1.06. The molecule has 1 unspecified atom stereocenters. The number of rotatable bonds is 8. The molecular formula is C16H25N3OS. The highest BCUT2D eigenvalue weighted by atomic mass is 32.1. The number of ether oxygens (including phenoxy) is 1. The Kier molecular flexibility index (Phi) is 5.56. The van der Waals surface area contributed by atoms with Gasteiger partial charge in [-0.1, -0.05) is 19.9 Å². The van der Waals surface area contributed by atoms with Gasteiger partial charge in [0.25, 0.3) is 0 Å². The van der Waals surface area contributed by atoms with E-state index in [-0.39, 0.29) is 11.5 Å². The van der Waals surface area contributed by atoms with Gasteiger partial charge in [-0.05, 0) is 23.3 Å². The average molecular weight is 307 g/mol. The highest BCUT2D eigenvalue weighted by Gasteiger charge is 2.23. The first-order valence-electron chi connectivity index (χ1n) is 7.26. The molecule has 2 aromatic heterocycles. The molecule has 21 heavy (non-hydrogen) atoms. The van der Waals surface area contributed by atoms with Gasteiger partial charge in [-0.3, -0.25) is 0 Å². The molecule has 5 heteroatoms.